The zero-order chi connectivity index (χ0) is 21.4. The molecule has 0 aliphatic rings. The van der Waals surface area contributed by atoms with E-state index in [0.717, 1.165) is 0 Å². The Bertz CT molecular complexity index is 461. The van der Waals surface area contributed by atoms with Gasteiger partial charge in [-0.3, -0.25) is 4.79 Å². The Kier molecular flexibility index (Phi) is 15.8. The van der Waals surface area contributed by atoms with Crippen molar-refractivity contribution >= 4 is 24.1 Å². The molecule has 0 spiro atoms. The smallest absolute Gasteiger partial charge is 0.466 e. The largest absolute Gasteiger partial charge is 0.509 e. The van der Waals surface area contributed by atoms with E-state index in [1.807, 2.05) is 0 Å². The SMILES string of the molecule is CCOC(=O)C(C)COC(=O)OC(C)C(=O)OCC.CCOC(=O)C(C)O. The average Bonchev–Trinajstić information content (AvgIpc) is 2.60. The van der Waals surface area contributed by atoms with Gasteiger partial charge in [0, 0.05) is 0 Å². The van der Waals surface area contributed by atoms with Crippen LogP contribution in [0.3, 0.4) is 0 Å². The lowest BCUT2D eigenvalue weighted by Gasteiger charge is -2.13. The molecule has 3 unspecified atom stereocenters. The summed E-state index contributed by atoms with van der Waals surface area (Å²) in [7, 11) is 0. The number of carbonyl (C=O) groups excluding carboxylic acids is 4. The number of ether oxygens (including phenoxy) is 5. The Balaban J connectivity index is 0. The molecule has 158 valence electrons. The van der Waals surface area contributed by atoms with Crippen LogP contribution in [0.15, 0.2) is 0 Å². The predicted molar refractivity (Wildman–Crippen MR) is 92.6 cm³/mol. The van der Waals surface area contributed by atoms with Crippen LogP contribution in [0.5, 0.6) is 0 Å². The minimum Gasteiger partial charge on any atom is -0.466 e. The molecule has 0 heterocycles. The van der Waals surface area contributed by atoms with Crippen molar-refractivity contribution in [3.63, 3.8) is 0 Å². The Hall–Kier alpha value is -2.36. The molecule has 10 heteroatoms. The van der Waals surface area contributed by atoms with Gasteiger partial charge in [-0.2, -0.15) is 0 Å². The Morgan fingerprint density at radius 1 is 0.741 bits per heavy atom. The second kappa shape index (κ2) is 15.9. The van der Waals surface area contributed by atoms with Crippen LogP contribution in [-0.2, 0) is 38.1 Å². The molecule has 0 aliphatic carbocycles. The predicted octanol–water partition coefficient (Wildman–Crippen LogP) is 1.22. The standard InChI is InChI=1S/C12H20O7.C5H10O3/c1-5-16-10(13)8(3)7-18-12(15)19-9(4)11(14)17-6-2;1-3-8-5(7)4(2)6/h8-9H,5-7H2,1-4H3;4,6H,3H2,1-2H3. The van der Waals surface area contributed by atoms with Gasteiger partial charge in [-0.05, 0) is 41.5 Å². The average molecular weight is 394 g/mol. The zero-order valence-corrected chi connectivity index (χ0v) is 16.7. The van der Waals surface area contributed by atoms with Crippen molar-refractivity contribution in [2.45, 2.75) is 53.8 Å². The summed E-state index contributed by atoms with van der Waals surface area (Å²) in [4.78, 5) is 43.9. The number of hydrogen-bond donors (Lipinski definition) is 1. The quantitative estimate of drug-likeness (QED) is 0.449. The molecule has 0 bridgehead atoms. The van der Waals surface area contributed by atoms with E-state index in [-0.39, 0.29) is 19.8 Å². The molecule has 0 aliphatic heterocycles. The van der Waals surface area contributed by atoms with Crippen molar-refractivity contribution in [3.05, 3.63) is 0 Å². The van der Waals surface area contributed by atoms with Crippen molar-refractivity contribution in [3.8, 4) is 0 Å². The topological polar surface area (TPSA) is 135 Å². The van der Waals surface area contributed by atoms with E-state index in [9.17, 15) is 19.2 Å². The summed E-state index contributed by atoms with van der Waals surface area (Å²) in [5.74, 6) is -2.27. The summed E-state index contributed by atoms with van der Waals surface area (Å²) in [6.45, 7) is 9.92. The van der Waals surface area contributed by atoms with Crippen LogP contribution < -0.4 is 0 Å². The normalized spacial score (nSPS) is 13.0. The third kappa shape index (κ3) is 14.5. The van der Waals surface area contributed by atoms with Crippen molar-refractivity contribution in [2.24, 2.45) is 5.92 Å². The van der Waals surface area contributed by atoms with E-state index >= 15 is 0 Å². The lowest BCUT2D eigenvalue weighted by atomic mass is 10.2. The molecule has 0 amide bonds. The second-order valence-electron chi connectivity index (χ2n) is 5.15. The molecule has 27 heavy (non-hydrogen) atoms. The van der Waals surface area contributed by atoms with Crippen LogP contribution in [0, 0.1) is 5.92 Å². The van der Waals surface area contributed by atoms with Crippen molar-refractivity contribution in [2.75, 3.05) is 26.4 Å². The Labute approximate surface area is 159 Å². The van der Waals surface area contributed by atoms with Gasteiger partial charge in [0.15, 0.2) is 6.10 Å². The van der Waals surface area contributed by atoms with Crippen LogP contribution in [0.25, 0.3) is 0 Å². The van der Waals surface area contributed by atoms with Gasteiger partial charge >= 0.3 is 24.1 Å². The fourth-order valence-electron chi connectivity index (χ4n) is 1.29. The molecule has 0 rings (SSSR count). The first-order valence-electron chi connectivity index (χ1n) is 8.61. The molecule has 0 aromatic heterocycles. The van der Waals surface area contributed by atoms with Gasteiger partial charge in [0.2, 0.25) is 0 Å². The Morgan fingerprint density at radius 2 is 1.19 bits per heavy atom. The van der Waals surface area contributed by atoms with Gasteiger partial charge in [0.05, 0.1) is 25.7 Å². The molecular formula is C17H30O10. The number of aliphatic hydroxyl groups is 1. The first-order valence-corrected chi connectivity index (χ1v) is 8.61. The molecule has 0 aromatic carbocycles. The van der Waals surface area contributed by atoms with Gasteiger partial charge in [-0.15, -0.1) is 0 Å². The maximum absolute atomic E-state index is 11.2. The summed E-state index contributed by atoms with van der Waals surface area (Å²) < 4.78 is 23.2. The summed E-state index contributed by atoms with van der Waals surface area (Å²) >= 11 is 0. The number of esters is 3. The van der Waals surface area contributed by atoms with Crippen LogP contribution in [0.4, 0.5) is 4.79 Å². The van der Waals surface area contributed by atoms with Gasteiger partial charge in [0.25, 0.3) is 0 Å². The maximum Gasteiger partial charge on any atom is 0.509 e. The second-order valence-corrected chi connectivity index (χ2v) is 5.15. The maximum atomic E-state index is 11.2. The Morgan fingerprint density at radius 3 is 1.59 bits per heavy atom. The molecule has 10 nitrogen and oxygen atoms in total. The monoisotopic (exact) mass is 394 g/mol. The van der Waals surface area contributed by atoms with Crippen LogP contribution in [0.1, 0.15) is 41.5 Å². The molecule has 0 saturated heterocycles. The highest BCUT2D eigenvalue weighted by Gasteiger charge is 2.22. The minimum absolute atomic E-state index is 0.173. The van der Waals surface area contributed by atoms with E-state index in [1.54, 1.807) is 27.7 Å². The summed E-state index contributed by atoms with van der Waals surface area (Å²) in [5, 5.41) is 8.48. The summed E-state index contributed by atoms with van der Waals surface area (Å²) in [5.41, 5.74) is 0. The summed E-state index contributed by atoms with van der Waals surface area (Å²) in [6, 6.07) is 0. The van der Waals surface area contributed by atoms with E-state index in [0.29, 0.717) is 6.61 Å². The van der Waals surface area contributed by atoms with Crippen molar-refractivity contribution in [1.82, 2.24) is 0 Å². The third-order valence-electron chi connectivity index (χ3n) is 2.66. The van der Waals surface area contributed by atoms with Crippen molar-refractivity contribution < 1.29 is 48.0 Å². The van der Waals surface area contributed by atoms with Crippen molar-refractivity contribution in [1.29, 1.82) is 0 Å². The fraction of sp³-hybridized carbons (Fsp3) is 0.765. The first-order chi connectivity index (χ1) is 12.6. The minimum atomic E-state index is -1.05. The lowest BCUT2D eigenvalue weighted by Crippen LogP contribution is -2.28. The van der Waals surface area contributed by atoms with Gasteiger partial charge < -0.3 is 28.8 Å². The van der Waals surface area contributed by atoms with Crippen LogP contribution >= 0.6 is 0 Å². The third-order valence-corrected chi connectivity index (χ3v) is 2.66. The van der Waals surface area contributed by atoms with Gasteiger partial charge in [-0.25, -0.2) is 14.4 Å². The number of aliphatic hydroxyl groups excluding tert-OH is 1. The lowest BCUT2D eigenvalue weighted by molar-refractivity contribution is -0.154. The molecule has 0 radical (unpaired) electrons. The molecule has 1 N–H and O–H groups in total. The summed E-state index contributed by atoms with van der Waals surface area (Å²) in [6.07, 6.45) is -3.07. The molecule has 0 saturated carbocycles. The highest BCUT2D eigenvalue weighted by molar-refractivity contribution is 5.77. The molecule has 0 fully saturated rings. The van der Waals surface area contributed by atoms with E-state index in [4.69, 9.17) is 14.6 Å². The molecular weight excluding hydrogens is 364 g/mol. The van der Waals surface area contributed by atoms with E-state index in [2.05, 4.69) is 14.2 Å². The van der Waals surface area contributed by atoms with Crippen LogP contribution in [-0.4, -0.2) is 67.8 Å². The highest BCUT2D eigenvalue weighted by atomic mass is 16.7. The molecule has 0 aromatic rings. The first kappa shape index (κ1) is 26.9. The van der Waals surface area contributed by atoms with E-state index in [1.165, 1.54) is 13.8 Å². The fourth-order valence-corrected chi connectivity index (χ4v) is 1.29. The van der Waals surface area contributed by atoms with Gasteiger partial charge in [-0.1, -0.05) is 0 Å². The van der Waals surface area contributed by atoms with Crippen LogP contribution in [0.2, 0.25) is 0 Å². The zero-order valence-electron chi connectivity index (χ0n) is 16.7. The number of hydrogen-bond acceptors (Lipinski definition) is 10. The van der Waals surface area contributed by atoms with Gasteiger partial charge in [0.1, 0.15) is 12.7 Å². The van der Waals surface area contributed by atoms with E-state index < -0.39 is 42.2 Å². The highest BCUT2D eigenvalue weighted by Crippen LogP contribution is 2.03. The number of carbonyl (C=O) groups is 4. The number of rotatable bonds is 9. The molecule has 3 atom stereocenters.